The van der Waals surface area contributed by atoms with Gasteiger partial charge in [-0.15, -0.1) is 0 Å². The molecule has 0 rings (SSSR count). The van der Waals surface area contributed by atoms with Gasteiger partial charge >= 0.3 is 0 Å². The van der Waals surface area contributed by atoms with Crippen molar-refractivity contribution in [2.75, 3.05) is 6.26 Å². The van der Waals surface area contributed by atoms with Crippen LogP contribution in [0.15, 0.2) is 23.6 Å². The van der Waals surface area contributed by atoms with Gasteiger partial charge in [0.25, 0.3) is 0 Å². The first-order valence-corrected chi connectivity index (χ1v) is 4.51. The van der Waals surface area contributed by atoms with Gasteiger partial charge < -0.3 is 0 Å². The van der Waals surface area contributed by atoms with E-state index in [2.05, 4.69) is 0 Å². The van der Waals surface area contributed by atoms with E-state index in [4.69, 9.17) is 0 Å². The largest absolute Gasteiger partial charge is 0.225 e. The van der Waals surface area contributed by atoms with Crippen molar-refractivity contribution in [3.8, 4) is 0 Å². The van der Waals surface area contributed by atoms with E-state index in [1.165, 1.54) is 6.08 Å². The maximum absolute atomic E-state index is 10.4. The van der Waals surface area contributed by atoms with Crippen LogP contribution in [0.25, 0.3) is 0 Å². The third kappa shape index (κ3) is 7.43. The Morgan fingerprint density at radius 1 is 1.22 bits per heavy atom. The van der Waals surface area contributed by atoms with Gasteiger partial charge in [-0.1, -0.05) is 18.2 Å². The predicted octanol–water partition coefficient (Wildman–Crippen LogP) is 1.12. The topological polar surface area (TPSA) is 34.1 Å². The van der Waals surface area contributed by atoms with E-state index in [0.717, 1.165) is 11.7 Å². The first-order chi connectivity index (χ1) is 4.06. The van der Waals surface area contributed by atoms with Crippen molar-refractivity contribution in [2.24, 2.45) is 0 Å². The minimum Gasteiger partial charge on any atom is -0.225 e. The zero-order valence-electron chi connectivity index (χ0n) is 5.53. The highest BCUT2D eigenvalue weighted by Gasteiger charge is 1.88. The van der Waals surface area contributed by atoms with Gasteiger partial charge in [0.2, 0.25) is 0 Å². The van der Waals surface area contributed by atoms with Crippen LogP contribution in [0.1, 0.15) is 6.92 Å². The average Bonchev–Trinajstić information content (AvgIpc) is 1.63. The highest BCUT2D eigenvalue weighted by molar-refractivity contribution is 7.93. The molecule has 0 saturated heterocycles. The van der Waals surface area contributed by atoms with Gasteiger partial charge in [-0.05, 0) is 6.92 Å². The lowest BCUT2D eigenvalue weighted by Gasteiger charge is -1.79. The molecule has 0 aliphatic heterocycles. The van der Waals surface area contributed by atoms with Gasteiger partial charge in [-0.25, -0.2) is 8.42 Å². The van der Waals surface area contributed by atoms with Crippen molar-refractivity contribution in [1.82, 2.24) is 0 Å². The van der Waals surface area contributed by atoms with Gasteiger partial charge in [0.15, 0.2) is 9.84 Å². The lowest BCUT2D eigenvalue weighted by atomic mass is 10.5. The van der Waals surface area contributed by atoms with Gasteiger partial charge in [0, 0.05) is 11.7 Å². The molecule has 0 bridgehead atoms. The molecule has 0 unspecified atom stereocenters. The molecule has 0 aliphatic carbocycles. The summed E-state index contributed by atoms with van der Waals surface area (Å²) in [5.41, 5.74) is 0. The zero-order chi connectivity index (χ0) is 7.33. The Balaban J connectivity index is 4.03. The Hall–Kier alpha value is -0.570. The molecule has 0 spiro atoms. The molecule has 0 fully saturated rings. The van der Waals surface area contributed by atoms with Crippen molar-refractivity contribution >= 4 is 9.84 Å². The van der Waals surface area contributed by atoms with E-state index < -0.39 is 9.84 Å². The van der Waals surface area contributed by atoms with Crippen molar-refractivity contribution in [3.05, 3.63) is 23.6 Å². The predicted molar refractivity (Wildman–Crippen MR) is 38.8 cm³/mol. The maximum atomic E-state index is 10.4. The molecule has 0 saturated carbocycles. The Morgan fingerprint density at radius 2 is 1.78 bits per heavy atom. The fourth-order valence-corrected chi connectivity index (χ4v) is 0.675. The van der Waals surface area contributed by atoms with Crippen LogP contribution in [0.2, 0.25) is 0 Å². The normalized spacial score (nSPS) is 13.6. The lowest BCUT2D eigenvalue weighted by molar-refractivity contribution is 0.610. The second-order valence-electron chi connectivity index (χ2n) is 1.68. The van der Waals surface area contributed by atoms with E-state index in [0.29, 0.717) is 0 Å². The molecule has 0 atom stereocenters. The molecule has 0 amide bonds. The highest BCUT2D eigenvalue weighted by Crippen LogP contribution is 1.85. The van der Waals surface area contributed by atoms with Crippen molar-refractivity contribution in [3.63, 3.8) is 0 Å². The van der Waals surface area contributed by atoms with E-state index >= 15 is 0 Å². The van der Waals surface area contributed by atoms with Crippen LogP contribution in [0.5, 0.6) is 0 Å². The molecule has 3 heteroatoms. The summed E-state index contributed by atoms with van der Waals surface area (Å²) in [5.74, 6) is 0. The fraction of sp³-hybridized carbons (Fsp3) is 0.333. The molecule has 0 aliphatic rings. The fourth-order valence-electron chi connectivity index (χ4n) is 0.299. The van der Waals surface area contributed by atoms with E-state index in [1.807, 2.05) is 6.92 Å². The van der Waals surface area contributed by atoms with Crippen LogP contribution in [0, 0.1) is 0 Å². The van der Waals surface area contributed by atoms with Crippen molar-refractivity contribution in [2.45, 2.75) is 6.92 Å². The zero-order valence-corrected chi connectivity index (χ0v) is 6.35. The van der Waals surface area contributed by atoms with Crippen molar-refractivity contribution < 1.29 is 8.42 Å². The summed E-state index contributed by atoms with van der Waals surface area (Å²) in [6, 6.07) is 0. The maximum Gasteiger partial charge on any atom is 0.168 e. The van der Waals surface area contributed by atoms with Crippen LogP contribution in [0.3, 0.4) is 0 Å². The molecule has 0 heterocycles. The van der Waals surface area contributed by atoms with Gasteiger partial charge in [-0.2, -0.15) is 0 Å². The molecule has 0 N–H and O–H groups in total. The van der Waals surface area contributed by atoms with Crippen LogP contribution in [-0.2, 0) is 9.84 Å². The molecule has 0 aromatic heterocycles. The number of allylic oxidation sites excluding steroid dienone is 3. The number of hydrogen-bond acceptors (Lipinski definition) is 2. The molecule has 0 radical (unpaired) electrons. The van der Waals surface area contributed by atoms with Gasteiger partial charge in [0.05, 0.1) is 0 Å². The highest BCUT2D eigenvalue weighted by atomic mass is 32.2. The Bertz CT molecular complexity index is 209. The molecule has 0 aromatic rings. The molecule has 9 heavy (non-hydrogen) atoms. The van der Waals surface area contributed by atoms with E-state index in [9.17, 15) is 8.42 Å². The first-order valence-electron chi connectivity index (χ1n) is 2.55. The van der Waals surface area contributed by atoms with Crippen molar-refractivity contribution in [1.29, 1.82) is 0 Å². The first kappa shape index (κ1) is 8.43. The number of rotatable bonds is 2. The number of sulfone groups is 1. The minimum atomic E-state index is -2.93. The lowest BCUT2D eigenvalue weighted by Crippen LogP contribution is -1.86. The van der Waals surface area contributed by atoms with Crippen LogP contribution in [0.4, 0.5) is 0 Å². The Kier molecular flexibility index (Phi) is 3.24. The number of hydrogen-bond donors (Lipinski definition) is 0. The Morgan fingerprint density at radius 3 is 2.11 bits per heavy atom. The summed E-state index contributed by atoms with van der Waals surface area (Å²) in [4.78, 5) is 0. The summed E-state index contributed by atoms with van der Waals surface area (Å²) in [7, 11) is -2.93. The summed E-state index contributed by atoms with van der Waals surface area (Å²) < 4.78 is 20.8. The Labute approximate surface area is 55.8 Å². The summed E-state index contributed by atoms with van der Waals surface area (Å²) in [5, 5.41) is 1.16. The minimum absolute atomic E-state index is 1.16. The van der Waals surface area contributed by atoms with Crippen LogP contribution < -0.4 is 0 Å². The van der Waals surface area contributed by atoms with Crippen LogP contribution in [-0.4, -0.2) is 14.7 Å². The second kappa shape index (κ2) is 3.45. The second-order valence-corrected chi connectivity index (χ2v) is 3.62. The van der Waals surface area contributed by atoms with Gasteiger partial charge in [-0.3, -0.25) is 0 Å². The van der Waals surface area contributed by atoms with Gasteiger partial charge in [0.1, 0.15) is 0 Å². The standard InChI is InChI=1S/C6H10O2S/c1-3-4-5-6-9(2,7)8/h3-6H,1-2H3/b4-3-,6-5+. The SMILES string of the molecule is C/C=C\C=C\S(C)(=O)=O. The molecule has 2 nitrogen and oxygen atoms in total. The van der Waals surface area contributed by atoms with E-state index in [1.54, 1.807) is 12.2 Å². The monoisotopic (exact) mass is 146 g/mol. The summed E-state index contributed by atoms with van der Waals surface area (Å²) in [6.45, 7) is 1.83. The summed E-state index contributed by atoms with van der Waals surface area (Å²) >= 11 is 0. The third-order valence-electron chi connectivity index (χ3n) is 0.629. The molecule has 0 aromatic carbocycles. The molecule has 52 valence electrons. The third-order valence-corrected chi connectivity index (χ3v) is 1.28. The quantitative estimate of drug-likeness (QED) is 0.547. The van der Waals surface area contributed by atoms with Crippen LogP contribution >= 0.6 is 0 Å². The smallest absolute Gasteiger partial charge is 0.168 e. The summed E-state index contributed by atoms with van der Waals surface area (Å²) in [6.07, 6.45) is 6.09. The molecular formula is C6H10O2S. The van der Waals surface area contributed by atoms with E-state index in [-0.39, 0.29) is 0 Å². The average molecular weight is 146 g/mol. The molecular weight excluding hydrogens is 136 g/mol.